The maximum absolute atomic E-state index is 11.6. The van der Waals surface area contributed by atoms with E-state index in [4.69, 9.17) is 0 Å². The van der Waals surface area contributed by atoms with E-state index in [1.165, 1.54) is 27.1 Å². The summed E-state index contributed by atoms with van der Waals surface area (Å²) in [5.41, 5.74) is 2.37. The van der Waals surface area contributed by atoms with E-state index in [0.717, 1.165) is 10.5 Å². The molecule has 4 aromatic rings. The summed E-state index contributed by atoms with van der Waals surface area (Å²) in [7, 11) is -0.943. The third-order valence-electron chi connectivity index (χ3n) is 4.27. The Labute approximate surface area is 138 Å². The predicted molar refractivity (Wildman–Crippen MR) is 99.2 cm³/mol. The van der Waals surface area contributed by atoms with Crippen molar-refractivity contribution in [1.29, 1.82) is 0 Å². The molecule has 0 aliphatic rings. The minimum absolute atomic E-state index is 0.860. The molecule has 4 rings (SSSR count). The van der Waals surface area contributed by atoms with E-state index in [2.05, 4.69) is 66.7 Å². The van der Waals surface area contributed by atoms with Crippen LogP contribution in [0, 0.1) is 0 Å². The lowest BCUT2D eigenvalue weighted by Crippen LogP contribution is -1.88. The van der Waals surface area contributed by atoms with Crippen molar-refractivity contribution in [2.45, 2.75) is 4.90 Å². The van der Waals surface area contributed by atoms with Gasteiger partial charge in [0.05, 0.1) is 0 Å². The van der Waals surface area contributed by atoms with Gasteiger partial charge in [-0.2, -0.15) is 0 Å². The molecule has 4 aromatic carbocycles. The Morgan fingerprint density at radius 1 is 0.696 bits per heavy atom. The molecule has 0 saturated carbocycles. The number of fused-ring (bicyclic) bond motifs is 3. The monoisotopic (exact) mass is 316 g/mol. The van der Waals surface area contributed by atoms with Crippen molar-refractivity contribution < 1.29 is 4.21 Å². The molecule has 2 heteroatoms. The average Bonchev–Trinajstić information content (AvgIpc) is 2.61. The van der Waals surface area contributed by atoms with Crippen molar-refractivity contribution in [2.24, 2.45) is 0 Å². The second-order valence-electron chi connectivity index (χ2n) is 5.67. The van der Waals surface area contributed by atoms with Gasteiger partial charge in [0.15, 0.2) is 0 Å². The fraction of sp³-hybridized carbons (Fsp3) is 0.0476. The molecule has 1 unspecified atom stereocenters. The van der Waals surface area contributed by atoms with Crippen molar-refractivity contribution >= 4 is 32.3 Å². The highest BCUT2D eigenvalue weighted by atomic mass is 32.2. The van der Waals surface area contributed by atoms with Gasteiger partial charge in [-0.25, -0.2) is 0 Å². The average molecular weight is 316 g/mol. The summed E-state index contributed by atoms with van der Waals surface area (Å²) in [4.78, 5) is 0.860. The maximum Gasteiger partial charge on any atom is 0.0498 e. The Morgan fingerprint density at radius 3 is 2.00 bits per heavy atom. The molecule has 0 fully saturated rings. The van der Waals surface area contributed by atoms with E-state index < -0.39 is 10.8 Å². The SMILES string of the molecule is CS(=O)c1ccc(-c2cc3ccccc3c3ccccc23)cc1. The molecule has 1 nitrogen and oxygen atoms in total. The van der Waals surface area contributed by atoms with E-state index in [0.29, 0.717) is 0 Å². The van der Waals surface area contributed by atoms with E-state index >= 15 is 0 Å². The Bertz CT molecular complexity index is 1030. The van der Waals surface area contributed by atoms with Crippen LogP contribution in [0.4, 0.5) is 0 Å². The largest absolute Gasteiger partial charge is 0.255 e. The standard InChI is InChI=1S/C21H16OS/c1-23(22)17-12-10-15(11-13-17)21-14-16-6-2-3-7-18(16)19-8-4-5-9-20(19)21/h2-14H,1H3. The molecular weight excluding hydrogens is 300 g/mol. The summed E-state index contributed by atoms with van der Waals surface area (Å²) >= 11 is 0. The molecule has 0 aromatic heterocycles. The van der Waals surface area contributed by atoms with Gasteiger partial charge in [0.2, 0.25) is 0 Å². The molecule has 0 N–H and O–H groups in total. The number of rotatable bonds is 2. The van der Waals surface area contributed by atoms with Gasteiger partial charge < -0.3 is 0 Å². The van der Waals surface area contributed by atoms with Crippen molar-refractivity contribution in [3.63, 3.8) is 0 Å². The first-order valence-electron chi connectivity index (χ1n) is 7.58. The highest BCUT2D eigenvalue weighted by Gasteiger charge is 2.08. The zero-order valence-corrected chi connectivity index (χ0v) is 13.6. The first-order chi connectivity index (χ1) is 11.2. The second kappa shape index (κ2) is 5.64. The summed E-state index contributed by atoms with van der Waals surface area (Å²) in [6, 6.07) is 27.3. The lowest BCUT2D eigenvalue weighted by atomic mass is 9.93. The molecule has 0 radical (unpaired) electrons. The molecule has 0 heterocycles. The van der Waals surface area contributed by atoms with Crippen LogP contribution in [0.1, 0.15) is 0 Å². The minimum atomic E-state index is -0.943. The fourth-order valence-electron chi connectivity index (χ4n) is 3.12. The molecule has 0 saturated heterocycles. The highest BCUT2D eigenvalue weighted by molar-refractivity contribution is 7.84. The van der Waals surface area contributed by atoms with E-state index in [-0.39, 0.29) is 0 Å². The molecule has 0 aliphatic heterocycles. The lowest BCUT2D eigenvalue weighted by Gasteiger charge is -2.11. The Hall–Kier alpha value is -2.45. The molecule has 23 heavy (non-hydrogen) atoms. The Morgan fingerprint density at radius 2 is 1.30 bits per heavy atom. The zero-order valence-electron chi connectivity index (χ0n) is 12.8. The topological polar surface area (TPSA) is 17.1 Å². The van der Waals surface area contributed by atoms with Crippen LogP contribution < -0.4 is 0 Å². The fourth-order valence-corrected chi connectivity index (χ4v) is 3.64. The van der Waals surface area contributed by atoms with Crippen LogP contribution in [-0.4, -0.2) is 10.5 Å². The van der Waals surface area contributed by atoms with Gasteiger partial charge in [-0.1, -0.05) is 60.7 Å². The van der Waals surface area contributed by atoms with Gasteiger partial charge in [0, 0.05) is 22.0 Å². The van der Waals surface area contributed by atoms with Crippen molar-refractivity contribution in [1.82, 2.24) is 0 Å². The quantitative estimate of drug-likeness (QED) is 0.453. The number of benzene rings is 4. The Kier molecular flexibility index (Phi) is 3.47. The summed E-state index contributed by atoms with van der Waals surface area (Å²) < 4.78 is 11.6. The minimum Gasteiger partial charge on any atom is -0.255 e. The number of hydrogen-bond acceptors (Lipinski definition) is 1. The van der Waals surface area contributed by atoms with Gasteiger partial charge in [-0.3, -0.25) is 4.21 Å². The van der Waals surface area contributed by atoms with Crippen LogP contribution in [0.3, 0.4) is 0 Å². The van der Waals surface area contributed by atoms with Crippen LogP contribution >= 0.6 is 0 Å². The third kappa shape index (κ3) is 2.45. The van der Waals surface area contributed by atoms with E-state index in [1.807, 2.05) is 12.1 Å². The van der Waals surface area contributed by atoms with Crippen molar-refractivity contribution in [2.75, 3.05) is 6.26 Å². The molecule has 0 aliphatic carbocycles. The van der Waals surface area contributed by atoms with Gasteiger partial charge in [0.1, 0.15) is 0 Å². The normalized spacial score (nSPS) is 12.6. The van der Waals surface area contributed by atoms with Gasteiger partial charge in [-0.15, -0.1) is 0 Å². The van der Waals surface area contributed by atoms with Gasteiger partial charge in [0.25, 0.3) is 0 Å². The number of hydrogen-bond donors (Lipinski definition) is 0. The summed E-state index contributed by atoms with van der Waals surface area (Å²) in [6.45, 7) is 0. The molecule has 112 valence electrons. The van der Waals surface area contributed by atoms with Crippen LogP contribution in [0.25, 0.3) is 32.7 Å². The van der Waals surface area contributed by atoms with Crippen LogP contribution in [0.15, 0.2) is 83.8 Å². The van der Waals surface area contributed by atoms with Crippen molar-refractivity contribution in [3.05, 3.63) is 78.9 Å². The van der Waals surface area contributed by atoms with Crippen LogP contribution in [0.5, 0.6) is 0 Å². The molecule has 0 spiro atoms. The molecular formula is C21H16OS. The van der Waals surface area contributed by atoms with Crippen LogP contribution in [0.2, 0.25) is 0 Å². The first kappa shape index (κ1) is 14.2. The van der Waals surface area contributed by atoms with E-state index in [9.17, 15) is 4.21 Å². The van der Waals surface area contributed by atoms with Crippen molar-refractivity contribution in [3.8, 4) is 11.1 Å². The summed E-state index contributed by atoms with van der Waals surface area (Å²) in [6.07, 6.45) is 1.71. The van der Waals surface area contributed by atoms with Gasteiger partial charge >= 0.3 is 0 Å². The van der Waals surface area contributed by atoms with Crippen LogP contribution in [-0.2, 0) is 10.8 Å². The predicted octanol–water partition coefficient (Wildman–Crippen LogP) is 5.40. The highest BCUT2D eigenvalue weighted by Crippen LogP contribution is 2.34. The Balaban J connectivity index is 2.03. The lowest BCUT2D eigenvalue weighted by molar-refractivity contribution is 0.687. The molecule has 1 atom stereocenters. The third-order valence-corrected chi connectivity index (χ3v) is 5.20. The smallest absolute Gasteiger partial charge is 0.0498 e. The van der Waals surface area contributed by atoms with Gasteiger partial charge in [-0.05, 0) is 50.9 Å². The molecule has 0 bridgehead atoms. The second-order valence-corrected chi connectivity index (χ2v) is 7.05. The summed E-state index contributed by atoms with van der Waals surface area (Å²) in [5.74, 6) is 0. The summed E-state index contributed by atoms with van der Waals surface area (Å²) in [5, 5.41) is 5.03. The molecule has 0 amide bonds. The zero-order chi connectivity index (χ0) is 15.8. The van der Waals surface area contributed by atoms with E-state index in [1.54, 1.807) is 6.26 Å². The maximum atomic E-state index is 11.6. The first-order valence-corrected chi connectivity index (χ1v) is 9.14.